The van der Waals surface area contributed by atoms with Crippen molar-refractivity contribution in [2.24, 2.45) is 5.73 Å². The molecule has 6 heteroatoms. The molecule has 0 bridgehead atoms. The summed E-state index contributed by atoms with van der Waals surface area (Å²) < 4.78 is 0. The molecule has 1 aliphatic heterocycles. The van der Waals surface area contributed by atoms with Crippen LogP contribution in [0.25, 0.3) is 0 Å². The zero-order valence-corrected chi connectivity index (χ0v) is 12.1. The van der Waals surface area contributed by atoms with Gasteiger partial charge in [0.05, 0.1) is 0 Å². The molecule has 1 saturated heterocycles. The van der Waals surface area contributed by atoms with Gasteiger partial charge in [-0.2, -0.15) is 0 Å². The van der Waals surface area contributed by atoms with E-state index in [0.29, 0.717) is 12.6 Å². The summed E-state index contributed by atoms with van der Waals surface area (Å²) in [6, 6.07) is 2.48. The number of hydrogen-bond donors (Lipinski definition) is 2. The summed E-state index contributed by atoms with van der Waals surface area (Å²) in [5.41, 5.74) is 5.58. The fourth-order valence-corrected chi connectivity index (χ4v) is 2.39. The molecule has 0 spiro atoms. The zero-order chi connectivity index (χ0) is 13.8. The molecule has 1 aromatic rings. The van der Waals surface area contributed by atoms with E-state index in [1.165, 1.54) is 0 Å². The average molecular weight is 264 g/mol. The van der Waals surface area contributed by atoms with Crippen LogP contribution in [-0.2, 0) is 0 Å². The Bertz CT molecular complexity index is 422. The quantitative estimate of drug-likeness (QED) is 0.797. The van der Waals surface area contributed by atoms with Crippen LogP contribution in [0.15, 0.2) is 6.07 Å². The van der Waals surface area contributed by atoms with E-state index in [2.05, 4.69) is 32.1 Å². The van der Waals surface area contributed by atoms with Crippen LogP contribution in [0, 0.1) is 6.92 Å². The molecule has 1 aromatic heterocycles. The summed E-state index contributed by atoms with van der Waals surface area (Å²) >= 11 is 0. The van der Waals surface area contributed by atoms with Gasteiger partial charge in [-0.1, -0.05) is 0 Å². The molecule has 1 fully saturated rings. The second-order valence-corrected chi connectivity index (χ2v) is 5.26. The lowest BCUT2D eigenvalue weighted by atomic mass is 10.2. The van der Waals surface area contributed by atoms with Crippen molar-refractivity contribution in [2.45, 2.75) is 19.4 Å². The van der Waals surface area contributed by atoms with Gasteiger partial charge in [0, 0.05) is 38.8 Å². The van der Waals surface area contributed by atoms with E-state index in [0.717, 1.165) is 43.5 Å². The molecular weight excluding hydrogens is 240 g/mol. The second kappa shape index (κ2) is 6.16. The van der Waals surface area contributed by atoms with Crippen LogP contribution in [0.5, 0.6) is 0 Å². The molecule has 0 radical (unpaired) electrons. The molecule has 106 valence electrons. The highest BCUT2D eigenvalue weighted by atomic mass is 15.2. The number of aromatic nitrogens is 2. The predicted molar refractivity (Wildman–Crippen MR) is 78.6 cm³/mol. The van der Waals surface area contributed by atoms with Crippen molar-refractivity contribution >= 4 is 11.6 Å². The van der Waals surface area contributed by atoms with E-state index in [9.17, 15) is 0 Å². The molecule has 1 aliphatic rings. The van der Waals surface area contributed by atoms with E-state index in [-0.39, 0.29) is 0 Å². The Morgan fingerprint density at radius 1 is 1.53 bits per heavy atom. The topological polar surface area (TPSA) is 70.3 Å². The Kier molecular flexibility index (Phi) is 4.55. The summed E-state index contributed by atoms with van der Waals surface area (Å²) in [6.45, 7) is 5.54. The van der Waals surface area contributed by atoms with Crippen LogP contribution in [0.2, 0.25) is 0 Å². The van der Waals surface area contributed by atoms with E-state index in [1.54, 1.807) is 0 Å². The minimum absolute atomic E-state index is 0.479. The molecule has 0 aromatic carbocycles. The lowest BCUT2D eigenvalue weighted by Crippen LogP contribution is -2.27. The van der Waals surface area contributed by atoms with Gasteiger partial charge in [0.25, 0.3) is 0 Å². The van der Waals surface area contributed by atoms with Gasteiger partial charge >= 0.3 is 0 Å². The molecule has 19 heavy (non-hydrogen) atoms. The van der Waals surface area contributed by atoms with Crippen molar-refractivity contribution < 1.29 is 0 Å². The SMILES string of the molecule is Cc1nc(NC2CCN(C)C2)cc(N(C)CCN)n1. The first-order valence-electron chi connectivity index (χ1n) is 6.80. The first-order chi connectivity index (χ1) is 9.08. The van der Waals surface area contributed by atoms with Crippen molar-refractivity contribution in [1.29, 1.82) is 0 Å². The Morgan fingerprint density at radius 2 is 2.32 bits per heavy atom. The van der Waals surface area contributed by atoms with Gasteiger partial charge in [-0.05, 0) is 26.9 Å². The molecule has 2 heterocycles. The number of nitrogens with one attached hydrogen (secondary N) is 1. The molecule has 0 saturated carbocycles. The lowest BCUT2D eigenvalue weighted by Gasteiger charge is -2.19. The monoisotopic (exact) mass is 264 g/mol. The first kappa shape index (κ1) is 14.0. The van der Waals surface area contributed by atoms with Crippen LogP contribution in [0.3, 0.4) is 0 Å². The minimum atomic E-state index is 0.479. The lowest BCUT2D eigenvalue weighted by molar-refractivity contribution is 0.414. The minimum Gasteiger partial charge on any atom is -0.366 e. The van der Waals surface area contributed by atoms with Gasteiger partial charge in [-0.25, -0.2) is 9.97 Å². The van der Waals surface area contributed by atoms with Crippen LogP contribution in [0.4, 0.5) is 11.6 Å². The van der Waals surface area contributed by atoms with Crippen LogP contribution in [0.1, 0.15) is 12.2 Å². The number of rotatable bonds is 5. The second-order valence-electron chi connectivity index (χ2n) is 5.26. The molecule has 2 rings (SSSR count). The van der Waals surface area contributed by atoms with Crippen molar-refractivity contribution in [3.63, 3.8) is 0 Å². The maximum atomic E-state index is 5.58. The van der Waals surface area contributed by atoms with Gasteiger partial charge in [0.15, 0.2) is 0 Å². The number of likely N-dealkylation sites (tertiary alicyclic amines) is 1. The highest BCUT2D eigenvalue weighted by Crippen LogP contribution is 2.17. The summed E-state index contributed by atoms with van der Waals surface area (Å²) in [4.78, 5) is 13.3. The van der Waals surface area contributed by atoms with Crippen molar-refractivity contribution in [1.82, 2.24) is 14.9 Å². The number of anilines is 2. The Morgan fingerprint density at radius 3 is 2.95 bits per heavy atom. The van der Waals surface area contributed by atoms with Gasteiger partial charge in [-0.3, -0.25) is 0 Å². The van der Waals surface area contributed by atoms with Gasteiger partial charge in [0.2, 0.25) is 0 Å². The number of likely N-dealkylation sites (N-methyl/N-ethyl adjacent to an activating group) is 2. The average Bonchev–Trinajstić information content (AvgIpc) is 2.74. The Hall–Kier alpha value is -1.40. The number of nitrogens with zero attached hydrogens (tertiary/aromatic N) is 4. The van der Waals surface area contributed by atoms with Crippen molar-refractivity contribution in [3.05, 3.63) is 11.9 Å². The zero-order valence-electron chi connectivity index (χ0n) is 12.1. The largest absolute Gasteiger partial charge is 0.366 e. The van der Waals surface area contributed by atoms with Crippen molar-refractivity contribution in [2.75, 3.05) is 50.5 Å². The third-order valence-electron chi connectivity index (χ3n) is 3.42. The summed E-state index contributed by atoms with van der Waals surface area (Å²) in [6.07, 6.45) is 1.16. The third-order valence-corrected chi connectivity index (χ3v) is 3.42. The van der Waals surface area contributed by atoms with E-state index in [1.807, 2.05) is 20.0 Å². The van der Waals surface area contributed by atoms with Gasteiger partial charge in [0.1, 0.15) is 17.5 Å². The first-order valence-corrected chi connectivity index (χ1v) is 6.80. The predicted octanol–water partition coefficient (Wildman–Crippen LogP) is 0.296. The molecule has 3 N–H and O–H groups in total. The number of nitrogens with two attached hydrogens (primary N) is 1. The smallest absolute Gasteiger partial charge is 0.134 e. The maximum absolute atomic E-state index is 5.58. The number of aryl methyl sites for hydroxylation is 1. The van der Waals surface area contributed by atoms with Gasteiger partial charge in [-0.15, -0.1) is 0 Å². The maximum Gasteiger partial charge on any atom is 0.134 e. The molecular formula is C13H24N6. The van der Waals surface area contributed by atoms with E-state index >= 15 is 0 Å². The standard InChI is InChI=1S/C13H24N6/c1-10-15-12(17-11-4-6-18(2)9-11)8-13(16-10)19(3)7-5-14/h8,11H,4-7,9,14H2,1-3H3,(H,15,16,17). The third kappa shape index (κ3) is 3.78. The van der Waals surface area contributed by atoms with Gasteiger partial charge < -0.3 is 20.9 Å². The Labute approximate surface area is 115 Å². The molecule has 0 aliphatic carbocycles. The van der Waals surface area contributed by atoms with Crippen LogP contribution < -0.4 is 16.0 Å². The molecule has 6 nitrogen and oxygen atoms in total. The number of hydrogen-bond acceptors (Lipinski definition) is 6. The molecule has 1 unspecified atom stereocenters. The van der Waals surface area contributed by atoms with E-state index < -0.39 is 0 Å². The summed E-state index contributed by atoms with van der Waals surface area (Å²) in [7, 11) is 4.15. The molecule has 1 atom stereocenters. The molecule has 0 amide bonds. The highest BCUT2D eigenvalue weighted by molar-refractivity contribution is 5.49. The highest BCUT2D eigenvalue weighted by Gasteiger charge is 2.19. The fourth-order valence-electron chi connectivity index (χ4n) is 2.39. The fraction of sp³-hybridized carbons (Fsp3) is 0.692. The van der Waals surface area contributed by atoms with Crippen LogP contribution >= 0.6 is 0 Å². The Balaban J connectivity index is 2.08. The normalized spacial score (nSPS) is 19.7. The van der Waals surface area contributed by atoms with E-state index in [4.69, 9.17) is 5.73 Å². The van der Waals surface area contributed by atoms with Crippen LogP contribution in [-0.4, -0.2) is 61.2 Å². The summed E-state index contributed by atoms with van der Waals surface area (Å²) in [5, 5.41) is 3.50. The van der Waals surface area contributed by atoms with Crippen molar-refractivity contribution in [3.8, 4) is 0 Å². The summed E-state index contributed by atoms with van der Waals surface area (Å²) in [5.74, 6) is 2.62.